The fraction of sp³-hybridized carbons (Fsp3) is 0.0714. The van der Waals surface area contributed by atoms with E-state index in [1.54, 1.807) is 7.05 Å². The molecular weight excluding hydrogens is 261 g/mol. The first-order valence-electron chi connectivity index (χ1n) is 5.63. The second-order valence-corrected chi connectivity index (χ2v) is 7.24. The SMILES string of the molecule is CNC(=S)P(=O)(c1ccccc1)c1ccccc1. The van der Waals surface area contributed by atoms with E-state index in [-0.39, 0.29) is 0 Å². The molecule has 0 heterocycles. The molecule has 0 unspecified atom stereocenters. The standard InChI is InChI=1S/C14H14NOPS/c1-15-14(18)17(16,12-8-4-2-5-9-12)13-10-6-3-7-11-13/h2-11H,1H3,(H,15,18). The molecule has 18 heavy (non-hydrogen) atoms. The van der Waals surface area contributed by atoms with Gasteiger partial charge in [0.15, 0.2) is 7.14 Å². The summed E-state index contributed by atoms with van der Waals surface area (Å²) in [4.78, 5) is 0. The maximum absolute atomic E-state index is 13.3. The van der Waals surface area contributed by atoms with Crippen LogP contribution >= 0.6 is 19.4 Å². The maximum Gasteiger partial charge on any atom is 0.196 e. The van der Waals surface area contributed by atoms with Crippen molar-refractivity contribution in [1.82, 2.24) is 5.32 Å². The molecule has 2 aromatic rings. The predicted octanol–water partition coefficient (Wildman–Crippen LogP) is 2.50. The van der Waals surface area contributed by atoms with Crippen molar-refractivity contribution in [3.63, 3.8) is 0 Å². The summed E-state index contributed by atoms with van der Waals surface area (Å²) in [5, 5.41) is 4.39. The number of hydrogen-bond donors (Lipinski definition) is 1. The predicted molar refractivity (Wildman–Crippen MR) is 81.4 cm³/mol. The molecule has 0 spiro atoms. The summed E-state index contributed by atoms with van der Waals surface area (Å²) >= 11 is 5.28. The third kappa shape index (κ3) is 2.24. The second kappa shape index (κ2) is 5.47. The zero-order valence-corrected chi connectivity index (χ0v) is 11.7. The molecule has 0 atom stereocenters. The monoisotopic (exact) mass is 275 g/mol. The Balaban J connectivity index is 2.63. The maximum atomic E-state index is 13.3. The normalized spacial score (nSPS) is 10.9. The zero-order chi connectivity index (χ0) is 13.0. The Bertz CT molecular complexity index is 540. The average Bonchev–Trinajstić information content (AvgIpc) is 2.47. The molecular formula is C14H14NOPS. The number of rotatable bonds is 3. The molecule has 92 valence electrons. The Labute approximate surface area is 112 Å². The van der Waals surface area contributed by atoms with Crippen LogP contribution in [0.25, 0.3) is 0 Å². The van der Waals surface area contributed by atoms with Crippen LogP contribution in [0.2, 0.25) is 0 Å². The molecule has 2 aromatic carbocycles. The summed E-state index contributed by atoms with van der Waals surface area (Å²) < 4.78 is 13.7. The van der Waals surface area contributed by atoms with E-state index in [1.807, 2.05) is 60.7 Å². The van der Waals surface area contributed by atoms with Crippen LogP contribution in [-0.4, -0.2) is 11.8 Å². The van der Waals surface area contributed by atoms with E-state index in [0.717, 1.165) is 10.6 Å². The summed E-state index contributed by atoms with van der Waals surface area (Å²) in [6.45, 7) is 0. The number of hydrogen-bond acceptors (Lipinski definition) is 2. The van der Waals surface area contributed by atoms with E-state index in [1.165, 1.54) is 0 Å². The van der Waals surface area contributed by atoms with Crippen molar-refractivity contribution in [3.8, 4) is 0 Å². The molecule has 0 radical (unpaired) electrons. The van der Waals surface area contributed by atoms with E-state index >= 15 is 0 Å². The first kappa shape index (κ1) is 13.0. The van der Waals surface area contributed by atoms with Crippen LogP contribution in [0.4, 0.5) is 0 Å². The van der Waals surface area contributed by atoms with E-state index in [9.17, 15) is 4.57 Å². The summed E-state index contributed by atoms with van der Waals surface area (Å²) in [6.07, 6.45) is 0. The summed E-state index contributed by atoms with van der Waals surface area (Å²) in [5.74, 6) is 0. The van der Waals surface area contributed by atoms with Gasteiger partial charge >= 0.3 is 0 Å². The van der Waals surface area contributed by atoms with Crippen LogP contribution in [-0.2, 0) is 4.57 Å². The third-order valence-electron chi connectivity index (χ3n) is 2.74. The number of thiocarbonyl (C=S) groups is 1. The molecule has 4 heteroatoms. The summed E-state index contributed by atoms with van der Waals surface area (Å²) in [5.41, 5.74) is 0. The van der Waals surface area contributed by atoms with Crippen LogP contribution in [0.1, 0.15) is 0 Å². The van der Waals surface area contributed by atoms with Crippen molar-refractivity contribution in [3.05, 3.63) is 60.7 Å². The van der Waals surface area contributed by atoms with Gasteiger partial charge in [-0.3, -0.25) is 0 Å². The molecule has 0 bridgehead atoms. The van der Waals surface area contributed by atoms with Crippen molar-refractivity contribution >= 4 is 34.7 Å². The molecule has 0 saturated heterocycles. The van der Waals surface area contributed by atoms with Crippen LogP contribution in [0.15, 0.2) is 60.7 Å². The van der Waals surface area contributed by atoms with Crippen molar-refractivity contribution in [2.45, 2.75) is 0 Å². The van der Waals surface area contributed by atoms with Crippen LogP contribution in [0.3, 0.4) is 0 Å². The van der Waals surface area contributed by atoms with Crippen molar-refractivity contribution in [2.75, 3.05) is 7.05 Å². The molecule has 0 fully saturated rings. The van der Waals surface area contributed by atoms with Crippen molar-refractivity contribution in [1.29, 1.82) is 0 Å². The quantitative estimate of drug-likeness (QED) is 0.689. The zero-order valence-electron chi connectivity index (χ0n) is 10.0. The number of nitrogens with one attached hydrogen (secondary N) is 1. The van der Waals surface area contributed by atoms with Crippen molar-refractivity contribution in [2.24, 2.45) is 0 Å². The summed E-state index contributed by atoms with van der Waals surface area (Å²) in [6, 6.07) is 18.8. The van der Waals surface area contributed by atoms with Gasteiger partial charge in [0.2, 0.25) is 0 Å². The Morgan fingerprint density at radius 3 is 1.67 bits per heavy atom. The Hall–Kier alpha value is -1.44. The highest BCUT2D eigenvalue weighted by Crippen LogP contribution is 2.43. The third-order valence-corrected chi connectivity index (χ3v) is 6.56. The van der Waals surface area contributed by atoms with Gasteiger partial charge in [-0.15, -0.1) is 0 Å². The van der Waals surface area contributed by atoms with Gasteiger partial charge < -0.3 is 9.88 Å². The van der Waals surface area contributed by atoms with Gasteiger partial charge in [0, 0.05) is 17.7 Å². The van der Waals surface area contributed by atoms with Crippen LogP contribution < -0.4 is 15.9 Å². The lowest BCUT2D eigenvalue weighted by molar-refractivity contribution is 0.593. The first-order chi connectivity index (χ1) is 8.69. The fourth-order valence-electron chi connectivity index (χ4n) is 1.82. The Morgan fingerprint density at radius 1 is 0.944 bits per heavy atom. The highest BCUT2D eigenvalue weighted by Gasteiger charge is 2.31. The van der Waals surface area contributed by atoms with Crippen LogP contribution in [0, 0.1) is 0 Å². The molecule has 2 rings (SSSR count). The van der Waals surface area contributed by atoms with Gasteiger partial charge in [0.05, 0.1) is 0 Å². The minimum atomic E-state index is -2.89. The highest BCUT2D eigenvalue weighted by atomic mass is 32.1. The summed E-state index contributed by atoms with van der Waals surface area (Å²) in [7, 11) is -1.19. The average molecular weight is 275 g/mol. The topological polar surface area (TPSA) is 29.1 Å². The molecule has 0 saturated carbocycles. The molecule has 0 aliphatic rings. The minimum Gasteiger partial charge on any atom is -0.376 e. The number of benzene rings is 2. The highest BCUT2D eigenvalue weighted by molar-refractivity contribution is 8.07. The lowest BCUT2D eigenvalue weighted by Crippen LogP contribution is -2.28. The van der Waals surface area contributed by atoms with Gasteiger partial charge in [-0.25, -0.2) is 0 Å². The molecule has 0 aliphatic carbocycles. The molecule has 0 aliphatic heterocycles. The molecule has 2 nitrogen and oxygen atoms in total. The second-order valence-electron chi connectivity index (χ2n) is 3.84. The largest absolute Gasteiger partial charge is 0.376 e. The van der Waals surface area contributed by atoms with E-state index in [4.69, 9.17) is 12.2 Å². The first-order valence-corrected chi connectivity index (χ1v) is 7.74. The van der Waals surface area contributed by atoms with Crippen LogP contribution in [0.5, 0.6) is 0 Å². The lowest BCUT2D eigenvalue weighted by atomic mass is 10.4. The van der Waals surface area contributed by atoms with E-state index in [0.29, 0.717) is 4.73 Å². The molecule has 0 aromatic heterocycles. The molecule has 0 amide bonds. The minimum absolute atomic E-state index is 0.389. The molecule has 1 N–H and O–H groups in total. The lowest BCUT2D eigenvalue weighted by Gasteiger charge is -2.19. The smallest absolute Gasteiger partial charge is 0.196 e. The Morgan fingerprint density at radius 2 is 1.33 bits per heavy atom. The fourth-order valence-corrected chi connectivity index (χ4v) is 4.72. The van der Waals surface area contributed by atoms with Gasteiger partial charge in [0.1, 0.15) is 4.73 Å². The van der Waals surface area contributed by atoms with Gasteiger partial charge in [-0.2, -0.15) is 0 Å². The van der Waals surface area contributed by atoms with Crippen molar-refractivity contribution < 1.29 is 4.57 Å². The van der Waals surface area contributed by atoms with Gasteiger partial charge in [0.25, 0.3) is 0 Å². The van der Waals surface area contributed by atoms with E-state index < -0.39 is 7.14 Å². The van der Waals surface area contributed by atoms with Gasteiger partial charge in [-0.1, -0.05) is 72.9 Å². The van der Waals surface area contributed by atoms with E-state index in [2.05, 4.69) is 5.32 Å². The van der Waals surface area contributed by atoms with Gasteiger partial charge in [-0.05, 0) is 0 Å². The Kier molecular flexibility index (Phi) is 3.95.